The van der Waals surface area contributed by atoms with Crippen molar-refractivity contribution in [3.8, 4) is 0 Å². The van der Waals surface area contributed by atoms with E-state index in [9.17, 15) is 18.0 Å². The second-order valence-electron chi connectivity index (χ2n) is 5.93. The van der Waals surface area contributed by atoms with Gasteiger partial charge in [0.25, 0.3) is 0 Å². The number of carbonyl (C=O) groups is 1. The van der Waals surface area contributed by atoms with Gasteiger partial charge >= 0.3 is 6.18 Å². The zero-order valence-corrected chi connectivity index (χ0v) is 12.9. The highest BCUT2D eigenvalue weighted by atomic mass is 19.4. The van der Waals surface area contributed by atoms with Gasteiger partial charge in [-0.2, -0.15) is 13.2 Å². The van der Waals surface area contributed by atoms with E-state index >= 15 is 0 Å². The summed E-state index contributed by atoms with van der Waals surface area (Å²) in [6, 6.07) is -0.194. The summed E-state index contributed by atoms with van der Waals surface area (Å²) in [4.78, 5) is 13.4. The van der Waals surface area contributed by atoms with Gasteiger partial charge in [-0.1, -0.05) is 20.8 Å². The van der Waals surface area contributed by atoms with Crippen LogP contribution in [0.4, 0.5) is 13.2 Å². The van der Waals surface area contributed by atoms with Gasteiger partial charge in [0.05, 0.1) is 19.1 Å². The van der Waals surface area contributed by atoms with E-state index in [1.165, 1.54) is 0 Å². The lowest BCUT2D eigenvalue weighted by Crippen LogP contribution is -2.49. The summed E-state index contributed by atoms with van der Waals surface area (Å²) in [7, 11) is 0. The molecule has 1 rings (SSSR count). The van der Waals surface area contributed by atoms with Crippen molar-refractivity contribution in [3.63, 3.8) is 0 Å². The number of halogens is 3. The maximum absolute atomic E-state index is 12.7. The van der Waals surface area contributed by atoms with Gasteiger partial charge in [-0.25, -0.2) is 0 Å². The Bertz CT molecular complexity index is 335. The molecule has 124 valence electrons. The fourth-order valence-corrected chi connectivity index (χ4v) is 2.45. The summed E-state index contributed by atoms with van der Waals surface area (Å²) < 4.78 is 43.3. The van der Waals surface area contributed by atoms with Crippen molar-refractivity contribution in [1.82, 2.24) is 10.2 Å². The number of rotatable bonds is 7. The molecule has 21 heavy (non-hydrogen) atoms. The van der Waals surface area contributed by atoms with Gasteiger partial charge in [0.15, 0.2) is 0 Å². The van der Waals surface area contributed by atoms with Crippen molar-refractivity contribution in [3.05, 3.63) is 0 Å². The lowest BCUT2D eigenvalue weighted by atomic mass is 10.0. The molecule has 1 N–H and O–H groups in total. The molecule has 1 aliphatic heterocycles. The molecule has 0 aliphatic carbocycles. The van der Waals surface area contributed by atoms with Crippen LogP contribution in [0.3, 0.4) is 0 Å². The van der Waals surface area contributed by atoms with E-state index in [4.69, 9.17) is 4.74 Å². The predicted molar refractivity (Wildman–Crippen MR) is 73.9 cm³/mol. The topological polar surface area (TPSA) is 41.6 Å². The Kier molecular flexibility index (Phi) is 6.93. The third kappa shape index (κ3) is 6.22. The van der Waals surface area contributed by atoms with Gasteiger partial charge in [-0.05, 0) is 18.9 Å². The largest absolute Gasteiger partial charge is 0.406 e. The highest BCUT2D eigenvalue weighted by Crippen LogP contribution is 2.22. The maximum Gasteiger partial charge on any atom is 0.406 e. The van der Waals surface area contributed by atoms with Gasteiger partial charge < -0.3 is 15.0 Å². The fourth-order valence-electron chi connectivity index (χ4n) is 2.45. The number of amides is 1. The lowest BCUT2D eigenvalue weighted by Gasteiger charge is -2.29. The quantitative estimate of drug-likeness (QED) is 0.782. The van der Waals surface area contributed by atoms with E-state index in [0.717, 1.165) is 17.9 Å². The number of ether oxygens (including phenoxy) is 1. The number of hydrogen-bond acceptors (Lipinski definition) is 3. The number of hydrogen-bond donors (Lipinski definition) is 1. The molecule has 0 aromatic heterocycles. The Morgan fingerprint density at radius 1 is 1.38 bits per heavy atom. The molecule has 7 heteroatoms. The minimum absolute atomic E-state index is 0.0133. The van der Waals surface area contributed by atoms with Crippen LogP contribution in [0.1, 0.15) is 27.2 Å². The minimum Gasteiger partial charge on any atom is -0.379 e. The molecule has 0 saturated carbocycles. The zero-order valence-electron chi connectivity index (χ0n) is 12.9. The molecular formula is C14H25F3N2O2. The summed E-state index contributed by atoms with van der Waals surface area (Å²) in [5.41, 5.74) is 0. The van der Waals surface area contributed by atoms with Crippen molar-refractivity contribution in [2.24, 2.45) is 11.8 Å². The van der Waals surface area contributed by atoms with Crippen LogP contribution in [0, 0.1) is 11.8 Å². The molecule has 1 aliphatic rings. The molecule has 0 radical (unpaired) electrons. The van der Waals surface area contributed by atoms with Crippen LogP contribution in [-0.2, 0) is 9.53 Å². The monoisotopic (exact) mass is 310 g/mol. The highest BCUT2D eigenvalue weighted by Gasteiger charge is 2.40. The molecular weight excluding hydrogens is 285 g/mol. The molecule has 0 aromatic carbocycles. The third-order valence-corrected chi connectivity index (χ3v) is 3.32. The van der Waals surface area contributed by atoms with Gasteiger partial charge in [-0.3, -0.25) is 4.79 Å². The van der Waals surface area contributed by atoms with Crippen LogP contribution < -0.4 is 5.32 Å². The summed E-state index contributed by atoms with van der Waals surface area (Å²) in [5, 5.41) is 3.18. The molecule has 0 bridgehead atoms. The Balaban J connectivity index is 2.73. The van der Waals surface area contributed by atoms with Crippen LogP contribution in [0.15, 0.2) is 0 Å². The molecule has 0 aromatic rings. The zero-order chi connectivity index (χ0) is 16.0. The molecule has 1 saturated heterocycles. The predicted octanol–water partition coefficient (Wildman–Crippen LogP) is 2.05. The van der Waals surface area contributed by atoms with Crippen molar-refractivity contribution >= 4 is 5.91 Å². The van der Waals surface area contributed by atoms with E-state index in [1.54, 1.807) is 13.8 Å². The number of nitrogens with zero attached hydrogens (tertiary/aromatic N) is 1. The summed E-state index contributed by atoms with van der Waals surface area (Å²) in [6.45, 7) is 5.79. The van der Waals surface area contributed by atoms with Gasteiger partial charge in [0, 0.05) is 12.6 Å². The van der Waals surface area contributed by atoms with Crippen LogP contribution >= 0.6 is 0 Å². The van der Waals surface area contributed by atoms with Crippen LogP contribution in [0.5, 0.6) is 0 Å². The average Bonchev–Trinajstić information content (AvgIpc) is 2.80. The van der Waals surface area contributed by atoms with E-state index in [2.05, 4.69) is 5.32 Å². The van der Waals surface area contributed by atoms with Gasteiger partial charge in [0.2, 0.25) is 5.91 Å². The molecule has 1 heterocycles. The third-order valence-electron chi connectivity index (χ3n) is 3.32. The second kappa shape index (κ2) is 7.98. The van der Waals surface area contributed by atoms with Crippen LogP contribution in [0.25, 0.3) is 0 Å². The van der Waals surface area contributed by atoms with Crippen molar-refractivity contribution in [2.75, 3.05) is 32.8 Å². The normalized spacial score (nSPS) is 22.8. The standard InChI is InChI=1S/C14H25F3N2O2/c1-4-5-18-12-8-21-7-11(12)13(20)19(6-10(2)3)9-14(15,16)17/h10-12,18H,4-9H2,1-3H3. The highest BCUT2D eigenvalue weighted by molar-refractivity contribution is 5.80. The summed E-state index contributed by atoms with van der Waals surface area (Å²) in [6.07, 6.45) is -3.48. The van der Waals surface area contributed by atoms with Crippen LogP contribution in [-0.4, -0.2) is 55.9 Å². The lowest BCUT2D eigenvalue weighted by molar-refractivity contribution is -0.165. The van der Waals surface area contributed by atoms with E-state index < -0.39 is 24.5 Å². The van der Waals surface area contributed by atoms with Crippen molar-refractivity contribution in [2.45, 2.75) is 39.4 Å². The number of alkyl halides is 3. The van der Waals surface area contributed by atoms with Crippen LogP contribution in [0.2, 0.25) is 0 Å². The number of carbonyl (C=O) groups excluding carboxylic acids is 1. The molecule has 4 nitrogen and oxygen atoms in total. The Morgan fingerprint density at radius 2 is 2.05 bits per heavy atom. The molecule has 2 unspecified atom stereocenters. The van der Waals surface area contributed by atoms with E-state index in [0.29, 0.717) is 6.61 Å². The van der Waals surface area contributed by atoms with Gasteiger partial charge in [0.1, 0.15) is 6.54 Å². The summed E-state index contributed by atoms with van der Waals surface area (Å²) >= 11 is 0. The Labute approximate surface area is 124 Å². The van der Waals surface area contributed by atoms with Crippen molar-refractivity contribution < 1.29 is 22.7 Å². The smallest absolute Gasteiger partial charge is 0.379 e. The SMILES string of the molecule is CCCNC1COCC1C(=O)N(CC(C)C)CC(F)(F)F. The average molecular weight is 310 g/mol. The molecule has 1 fully saturated rings. The fraction of sp³-hybridized carbons (Fsp3) is 0.929. The first-order valence-electron chi connectivity index (χ1n) is 7.41. The first-order valence-corrected chi connectivity index (χ1v) is 7.41. The van der Waals surface area contributed by atoms with Gasteiger partial charge in [-0.15, -0.1) is 0 Å². The van der Waals surface area contributed by atoms with Crippen molar-refractivity contribution in [1.29, 1.82) is 0 Å². The summed E-state index contributed by atoms with van der Waals surface area (Å²) in [5.74, 6) is -1.01. The van der Waals surface area contributed by atoms with E-state index in [1.807, 2.05) is 6.92 Å². The maximum atomic E-state index is 12.7. The molecule has 0 spiro atoms. The first kappa shape index (κ1) is 18.2. The molecule has 2 atom stereocenters. The first-order chi connectivity index (χ1) is 9.74. The Hall–Kier alpha value is -0.820. The molecule has 1 amide bonds. The Morgan fingerprint density at radius 3 is 2.57 bits per heavy atom. The minimum atomic E-state index is -4.38. The second-order valence-corrected chi connectivity index (χ2v) is 5.93. The number of nitrogens with one attached hydrogen (secondary N) is 1. The van der Waals surface area contributed by atoms with E-state index in [-0.39, 0.29) is 25.1 Å².